The number of hydrogen-bond acceptors (Lipinski definition) is 1. The van der Waals surface area contributed by atoms with Crippen molar-refractivity contribution in [1.29, 1.82) is 0 Å². The second kappa shape index (κ2) is 5.56. The van der Waals surface area contributed by atoms with Crippen LogP contribution in [0.2, 0.25) is 0 Å². The van der Waals surface area contributed by atoms with Gasteiger partial charge < -0.3 is 5.11 Å². The summed E-state index contributed by atoms with van der Waals surface area (Å²) in [5.74, 6) is 0. The maximum absolute atomic E-state index is 8.93. The van der Waals surface area contributed by atoms with Gasteiger partial charge in [-0.1, -0.05) is 34.7 Å². The number of rotatable bonds is 3. The predicted molar refractivity (Wildman–Crippen MR) is 44.3 cm³/mol. The van der Waals surface area contributed by atoms with E-state index >= 15 is 0 Å². The number of alkyl halides is 1. The van der Waals surface area contributed by atoms with Crippen LogP contribution in [-0.2, 0) is 0 Å². The molecule has 8 heavy (non-hydrogen) atoms. The van der Waals surface area contributed by atoms with Crippen molar-refractivity contribution in [3.8, 4) is 0 Å². The smallest absolute Gasteiger partial charge is 0.0663 e. The zero-order chi connectivity index (χ0) is 6.41. The molecule has 0 amide bonds. The molecule has 48 valence electrons. The lowest BCUT2D eigenvalue weighted by molar-refractivity contribution is 0.206. The van der Waals surface area contributed by atoms with Gasteiger partial charge >= 0.3 is 0 Å². The van der Waals surface area contributed by atoms with Crippen LogP contribution < -0.4 is 0 Å². The molecule has 1 N–H and O–H groups in total. The summed E-state index contributed by atoms with van der Waals surface area (Å²) in [6.07, 6.45) is 4.57. The van der Waals surface area contributed by atoms with E-state index in [9.17, 15) is 0 Å². The van der Waals surface area contributed by atoms with Gasteiger partial charge in [-0.2, -0.15) is 0 Å². The van der Waals surface area contributed by atoms with Gasteiger partial charge in [-0.25, -0.2) is 0 Å². The minimum absolute atomic E-state index is 0.146. The summed E-state index contributed by atoms with van der Waals surface area (Å²) in [6.45, 7) is 1.96. The second-order valence-electron chi connectivity index (χ2n) is 1.61. The van der Waals surface area contributed by atoms with E-state index in [0.717, 1.165) is 10.8 Å². The molecule has 0 heterocycles. The van der Waals surface area contributed by atoms with Crippen LogP contribution in [0.4, 0.5) is 0 Å². The fraction of sp³-hybridized carbons (Fsp3) is 0.667. The van der Waals surface area contributed by atoms with E-state index in [-0.39, 0.29) is 6.10 Å². The molecule has 0 saturated heterocycles. The zero-order valence-electron chi connectivity index (χ0n) is 4.97. The van der Waals surface area contributed by atoms with E-state index < -0.39 is 0 Å². The number of hydrogen-bond donors (Lipinski definition) is 1. The van der Waals surface area contributed by atoms with E-state index in [1.54, 1.807) is 0 Å². The van der Waals surface area contributed by atoms with Gasteiger partial charge in [-0.3, -0.25) is 0 Å². The zero-order valence-corrected chi connectivity index (χ0v) is 7.13. The third-order valence-electron chi connectivity index (χ3n) is 0.822. The highest BCUT2D eigenvalue weighted by atomic mass is 127. The topological polar surface area (TPSA) is 20.2 Å². The SMILES string of the molecule is C/C=C\CC(O)CI. The van der Waals surface area contributed by atoms with Crippen molar-refractivity contribution < 1.29 is 5.11 Å². The van der Waals surface area contributed by atoms with Gasteiger partial charge in [0.25, 0.3) is 0 Å². The fourth-order valence-electron chi connectivity index (χ4n) is 0.356. The van der Waals surface area contributed by atoms with Gasteiger partial charge in [0.1, 0.15) is 0 Å². The monoisotopic (exact) mass is 226 g/mol. The number of aliphatic hydroxyl groups is 1. The molecule has 0 radical (unpaired) electrons. The molecular weight excluding hydrogens is 215 g/mol. The Balaban J connectivity index is 3.10. The Labute approximate surface area is 63.9 Å². The standard InChI is InChI=1S/C6H11IO/c1-2-3-4-6(8)5-7/h2-3,6,8H,4-5H2,1H3/b3-2-. The first-order chi connectivity index (χ1) is 3.81. The van der Waals surface area contributed by atoms with Crippen molar-refractivity contribution in [3.63, 3.8) is 0 Å². The quantitative estimate of drug-likeness (QED) is 0.441. The lowest BCUT2D eigenvalue weighted by Gasteiger charge is -1.99. The van der Waals surface area contributed by atoms with Gasteiger partial charge in [0.05, 0.1) is 6.10 Å². The summed E-state index contributed by atoms with van der Waals surface area (Å²) in [7, 11) is 0. The van der Waals surface area contributed by atoms with Gasteiger partial charge in [0, 0.05) is 4.43 Å². The van der Waals surface area contributed by atoms with E-state index in [2.05, 4.69) is 22.6 Å². The summed E-state index contributed by atoms with van der Waals surface area (Å²) < 4.78 is 0.822. The Kier molecular flexibility index (Phi) is 5.86. The molecule has 1 nitrogen and oxygen atoms in total. The molecule has 0 spiro atoms. The van der Waals surface area contributed by atoms with Crippen LogP contribution in [0.3, 0.4) is 0 Å². The van der Waals surface area contributed by atoms with Crippen LogP contribution in [0.25, 0.3) is 0 Å². The van der Waals surface area contributed by atoms with Crippen LogP contribution in [0.15, 0.2) is 12.2 Å². The predicted octanol–water partition coefficient (Wildman–Crippen LogP) is 1.75. The lowest BCUT2D eigenvalue weighted by atomic mass is 10.3. The van der Waals surface area contributed by atoms with E-state index in [4.69, 9.17) is 5.11 Å². The van der Waals surface area contributed by atoms with Gasteiger partial charge in [-0.05, 0) is 13.3 Å². The van der Waals surface area contributed by atoms with Crippen LogP contribution in [0.5, 0.6) is 0 Å². The Morgan fingerprint density at radius 1 is 1.75 bits per heavy atom. The highest BCUT2D eigenvalue weighted by Gasteiger charge is 1.94. The minimum Gasteiger partial charge on any atom is -0.392 e. The molecule has 1 unspecified atom stereocenters. The summed E-state index contributed by atoms with van der Waals surface area (Å²) in [4.78, 5) is 0. The Hall–Kier alpha value is 0.430. The summed E-state index contributed by atoms with van der Waals surface area (Å²) in [5, 5.41) is 8.93. The summed E-state index contributed by atoms with van der Waals surface area (Å²) >= 11 is 2.17. The minimum atomic E-state index is -0.146. The van der Waals surface area contributed by atoms with Gasteiger partial charge in [0.2, 0.25) is 0 Å². The first-order valence-electron chi connectivity index (χ1n) is 2.66. The Bertz CT molecular complexity index is 70.9. The third kappa shape index (κ3) is 4.59. The molecule has 0 aliphatic rings. The van der Waals surface area contributed by atoms with E-state index in [0.29, 0.717) is 0 Å². The third-order valence-corrected chi connectivity index (χ3v) is 1.84. The van der Waals surface area contributed by atoms with Gasteiger partial charge in [0.15, 0.2) is 0 Å². The number of halogens is 1. The maximum Gasteiger partial charge on any atom is 0.0663 e. The van der Waals surface area contributed by atoms with Crippen LogP contribution >= 0.6 is 22.6 Å². The molecule has 1 atom stereocenters. The summed E-state index contributed by atoms with van der Waals surface area (Å²) in [5.41, 5.74) is 0. The van der Waals surface area contributed by atoms with Crippen molar-refractivity contribution in [2.24, 2.45) is 0 Å². The molecule has 0 rings (SSSR count). The van der Waals surface area contributed by atoms with E-state index in [1.807, 2.05) is 19.1 Å². The van der Waals surface area contributed by atoms with Crippen molar-refractivity contribution in [2.75, 3.05) is 4.43 Å². The van der Waals surface area contributed by atoms with Crippen LogP contribution in [-0.4, -0.2) is 15.6 Å². The lowest BCUT2D eigenvalue weighted by Crippen LogP contribution is -2.04. The van der Waals surface area contributed by atoms with Crippen molar-refractivity contribution in [3.05, 3.63) is 12.2 Å². The average molecular weight is 226 g/mol. The Morgan fingerprint density at radius 3 is 2.75 bits per heavy atom. The average Bonchev–Trinajstić information content (AvgIpc) is 1.83. The normalized spacial score (nSPS) is 14.9. The number of allylic oxidation sites excluding steroid dienone is 1. The van der Waals surface area contributed by atoms with Gasteiger partial charge in [-0.15, -0.1) is 0 Å². The molecule has 0 aromatic rings. The molecule has 0 aromatic heterocycles. The van der Waals surface area contributed by atoms with E-state index in [1.165, 1.54) is 0 Å². The Morgan fingerprint density at radius 2 is 2.38 bits per heavy atom. The first-order valence-corrected chi connectivity index (χ1v) is 4.19. The molecule has 0 fully saturated rings. The number of aliphatic hydroxyl groups excluding tert-OH is 1. The molecule has 0 aromatic carbocycles. The van der Waals surface area contributed by atoms with Crippen molar-refractivity contribution >= 4 is 22.6 Å². The summed E-state index contributed by atoms with van der Waals surface area (Å²) in [6, 6.07) is 0. The molecule has 0 aliphatic carbocycles. The van der Waals surface area contributed by atoms with Crippen LogP contribution in [0, 0.1) is 0 Å². The maximum atomic E-state index is 8.93. The molecule has 0 saturated carbocycles. The molecule has 0 aliphatic heterocycles. The highest BCUT2D eigenvalue weighted by Crippen LogP contribution is 1.96. The fourth-order valence-corrected chi connectivity index (χ4v) is 0.716. The highest BCUT2D eigenvalue weighted by molar-refractivity contribution is 14.1. The largest absolute Gasteiger partial charge is 0.392 e. The molecule has 2 heteroatoms. The first kappa shape index (κ1) is 8.43. The van der Waals surface area contributed by atoms with Crippen molar-refractivity contribution in [1.82, 2.24) is 0 Å². The molecule has 0 bridgehead atoms. The van der Waals surface area contributed by atoms with Crippen molar-refractivity contribution in [2.45, 2.75) is 19.4 Å². The van der Waals surface area contributed by atoms with Crippen LogP contribution in [0.1, 0.15) is 13.3 Å². The second-order valence-corrected chi connectivity index (χ2v) is 2.49. The molecular formula is C6H11IO.